The molecule has 4 aromatic carbocycles. The summed E-state index contributed by atoms with van der Waals surface area (Å²) in [6, 6.07) is 30.8. The summed E-state index contributed by atoms with van der Waals surface area (Å²) < 4.78 is 23.5. The number of rotatable bonds is 11. The van der Waals surface area contributed by atoms with Crippen LogP contribution >= 0.6 is 0 Å². The van der Waals surface area contributed by atoms with Crippen LogP contribution in [0.2, 0.25) is 0 Å². The fourth-order valence-electron chi connectivity index (χ4n) is 7.07. The third-order valence-corrected chi connectivity index (χ3v) is 9.94. The summed E-state index contributed by atoms with van der Waals surface area (Å²) in [6.45, 7) is 5.80. The molecule has 6 rings (SSSR count). The second-order valence-corrected chi connectivity index (χ2v) is 13.0. The molecule has 260 valence electrons. The molecule has 1 fully saturated rings. The van der Waals surface area contributed by atoms with Gasteiger partial charge in [-0.3, -0.25) is 14.6 Å². The molecule has 0 aromatic heterocycles. The Bertz CT molecular complexity index is 1770. The van der Waals surface area contributed by atoms with Crippen molar-refractivity contribution in [3.63, 3.8) is 0 Å². The Morgan fingerprint density at radius 1 is 0.840 bits per heavy atom. The van der Waals surface area contributed by atoms with Gasteiger partial charge in [-0.2, -0.15) is 0 Å². The van der Waals surface area contributed by atoms with Gasteiger partial charge in [0, 0.05) is 18.5 Å². The molecule has 5 atom stereocenters. The number of nitrogens with zero attached hydrogens (tertiary/aromatic N) is 2. The summed E-state index contributed by atoms with van der Waals surface area (Å²) in [5.74, 6) is -0.779. The van der Waals surface area contributed by atoms with Crippen LogP contribution in [-0.4, -0.2) is 66.7 Å². The number of fused-ring (bicyclic) bond motifs is 3. The maximum absolute atomic E-state index is 14.9. The van der Waals surface area contributed by atoms with E-state index in [0.717, 1.165) is 27.8 Å². The molecule has 1 heterocycles. The second kappa shape index (κ2) is 15.2. The van der Waals surface area contributed by atoms with Crippen molar-refractivity contribution in [3.05, 3.63) is 125 Å². The molecule has 0 bridgehead atoms. The normalized spacial score (nSPS) is 19.2. The number of likely N-dealkylation sites (N-methyl/N-ethyl adjacent to an activating group) is 1. The summed E-state index contributed by atoms with van der Waals surface area (Å²) in [5, 5.41) is 0. The molecular weight excluding hydrogens is 632 g/mol. The Labute approximate surface area is 293 Å². The van der Waals surface area contributed by atoms with Crippen molar-refractivity contribution < 1.29 is 33.3 Å². The van der Waals surface area contributed by atoms with Crippen LogP contribution in [0.4, 0.5) is 4.79 Å². The van der Waals surface area contributed by atoms with E-state index in [-0.39, 0.29) is 25.0 Å². The number of carbonyl (C=O) groups excluding carboxylic acids is 3. The number of hydrogen-bond acceptors (Lipinski definition) is 7. The summed E-state index contributed by atoms with van der Waals surface area (Å²) in [6.07, 6.45) is -1.62. The van der Waals surface area contributed by atoms with Crippen molar-refractivity contribution in [2.45, 2.75) is 64.1 Å². The van der Waals surface area contributed by atoms with Crippen LogP contribution in [-0.2, 0) is 30.4 Å². The molecular formula is C41H44N2O7. The van der Waals surface area contributed by atoms with E-state index in [1.165, 1.54) is 9.80 Å². The highest BCUT2D eigenvalue weighted by Crippen LogP contribution is 2.45. The van der Waals surface area contributed by atoms with Crippen molar-refractivity contribution >= 4 is 18.0 Å². The highest BCUT2D eigenvalue weighted by molar-refractivity contribution is 5.91. The predicted molar refractivity (Wildman–Crippen MR) is 189 cm³/mol. The maximum atomic E-state index is 14.9. The predicted octanol–water partition coefficient (Wildman–Crippen LogP) is 7.35. The van der Waals surface area contributed by atoms with Crippen LogP contribution < -0.4 is 4.74 Å². The van der Waals surface area contributed by atoms with Crippen LogP contribution in [0.5, 0.6) is 5.75 Å². The molecule has 0 spiro atoms. The Morgan fingerprint density at radius 3 is 2.04 bits per heavy atom. The first kappa shape index (κ1) is 34.7. The second-order valence-electron chi connectivity index (χ2n) is 13.0. The van der Waals surface area contributed by atoms with Crippen LogP contribution in [0.3, 0.4) is 0 Å². The number of amides is 2. The monoisotopic (exact) mass is 676 g/mol. The zero-order chi connectivity index (χ0) is 35.4. The Balaban J connectivity index is 1.27. The largest absolute Gasteiger partial charge is 0.497 e. The van der Waals surface area contributed by atoms with Gasteiger partial charge in [0.15, 0.2) is 12.3 Å². The molecule has 1 unspecified atom stereocenters. The third kappa shape index (κ3) is 6.83. The van der Waals surface area contributed by atoms with E-state index in [0.29, 0.717) is 17.7 Å². The van der Waals surface area contributed by atoms with E-state index in [1.54, 1.807) is 33.2 Å². The molecule has 50 heavy (non-hydrogen) atoms. The minimum Gasteiger partial charge on any atom is -0.497 e. The first-order valence-corrected chi connectivity index (χ1v) is 17.1. The van der Waals surface area contributed by atoms with E-state index >= 15 is 0 Å². The zero-order valence-electron chi connectivity index (χ0n) is 29.2. The first-order chi connectivity index (χ1) is 24.2. The average Bonchev–Trinajstić information content (AvgIpc) is 3.67. The zero-order valence-corrected chi connectivity index (χ0v) is 29.2. The van der Waals surface area contributed by atoms with Gasteiger partial charge in [-0.1, -0.05) is 111 Å². The summed E-state index contributed by atoms with van der Waals surface area (Å²) >= 11 is 0. The van der Waals surface area contributed by atoms with Crippen molar-refractivity contribution in [3.8, 4) is 16.9 Å². The highest BCUT2D eigenvalue weighted by atomic mass is 16.6. The molecule has 1 aliphatic carbocycles. The maximum Gasteiger partial charge on any atom is 0.410 e. The van der Waals surface area contributed by atoms with E-state index in [1.807, 2.05) is 80.6 Å². The topological polar surface area (TPSA) is 94.6 Å². The lowest BCUT2D eigenvalue weighted by Gasteiger charge is -2.37. The molecule has 0 radical (unpaired) electrons. The lowest BCUT2D eigenvalue weighted by molar-refractivity contribution is -0.158. The van der Waals surface area contributed by atoms with Gasteiger partial charge < -0.3 is 18.9 Å². The third-order valence-electron chi connectivity index (χ3n) is 9.94. The minimum atomic E-state index is -1.05. The van der Waals surface area contributed by atoms with E-state index in [9.17, 15) is 14.4 Å². The van der Waals surface area contributed by atoms with Gasteiger partial charge in [-0.25, -0.2) is 9.59 Å². The number of carbonyl (C=O) groups is 3. The standard InChI is InChI=1S/C41H44N2O7/c1-6-26(2)36(42(4)41(46)49-25-35-33-18-12-10-16-31(33)32-17-11-13-19-34(32)35)38(44)43-37(40(45)48-24-28-14-8-7-9-15-28)27(3)50-39(43)29-20-22-30(47-5)23-21-29/h7-23,26-27,35-37,39H,6,24-25H2,1-5H3/t26-,27?,36-,37+,39+/m0/s1. The number of esters is 1. The van der Waals surface area contributed by atoms with Crippen molar-refractivity contribution in [1.82, 2.24) is 9.80 Å². The molecule has 2 amide bonds. The molecule has 4 aromatic rings. The fourth-order valence-corrected chi connectivity index (χ4v) is 7.07. The average molecular weight is 677 g/mol. The molecule has 0 saturated carbocycles. The van der Waals surface area contributed by atoms with Gasteiger partial charge in [0.2, 0.25) is 5.91 Å². The van der Waals surface area contributed by atoms with E-state index in [4.69, 9.17) is 18.9 Å². The van der Waals surface area contributed by atoms with Crippen LogP contribution in [0.1, 0.15) is 61.6 Å². The highest BCUT2D eigenvalue weighted by Gasteiger charge is 2.51. The number of ether oxygens (including phenoxy) is 4. The molecule has 9 heteroatoms. The smallest absolute Gasteiger partial charge is 0.410 e. The lowest BCUT2D eigenvalue weighted by Crippen LogP contribution is -2.56. The SMILES string of the molecule is CC[C@H](C)[C@@H](C(=O)N1[C@@H](c2ccc(OC)cc2)OC(C)[C@@H]1C(=O)OCc1ccccc1)N(C)C(=O)OCC1c2ccccc2-c2ccccc21. The lowest BCUT2D eigenvalue weighted by atomic mass is 9.95. The minimum absolute atomic E-state index is 0.0482. The van der Waals surface area contributed by atoms with Gasteiger partial charge in [0.1, 0.15) is 25.0 Å². The Kier molecular flexibility index (Phi) is 10.5. The number of benzene rings is 4. The van der Waals surface area contributed by atoms with Crippen molar-refractivity contribution in [2.75, 3.05) is 20.8 Å². The molecule has 1 aliphatic heterocycles. The molecule has 9 nitrogen and oxygen atoms in total. The van der Waals surface area contributed by atoms with Crippen molar-refractivity contribution in [1.29, 1.82) is 0 Å². The number of methoxy groups -OCH3 is 1. The van der Waals surface area contributed by atoms with Gasteiger partial charge in [0.05, 0.1) is 13.2 Å². The van der Waals surface area contributed by atoms with Gasteiger partial charge in [0.25, 0.3) is 0 Å². The van der Waals surface area contributed by atoms with Crippen LogP contribution in [0.15, 0.2) is 103 Å². The van der Waals surface area contributed by atoms with Gasteiger partial charge in [-0.15, -0.1) is 0 Å². The summed E-state index contributed by atoms with van der Waals surface area (Å²) in [5.41, 5.74) is 5.94. The van der Waals surface area contributed by atoms with Gasteiger partial charge >= 0.3 is 12.1 Å². The first-order valence-electron chi connectivity index (χ1n) is 17.1. The quantitative estimate of drug-likeness (QED) is 0.153. The molecule has 2 aliphatic rings. The van der Waals surface area contributed by atoms with Crippen LogP contribution in [0.25, 0.3) is 11.1 Å². The Hall–Kier alpha value is -5.15. The molecule has 0 N–H and O–H groups in total. The summed E-state index contributed by atoms with van der Waals surface area (Å²) in [4.78, 5) is 45.4. The van der Waals surface area contributed by atoms with Crippen molar-refractivity contribution in [2.24, 2.45) is 5.92 Å². The van der Waals surface area contributed by atoms with Gasteiger partial charge in [-0.05, 0) is 52.8 Å². The molecule has 1 saturated heterocycles. The summed E-state index contributed by atoms with van der Waals surface area (Å²) in [7, 11) is 3.16. The van der Waals surface area contributed by atoms with Crippen LogP contribution in [0, 0.1) is 5.92 Å². The Morgan fingerprint density at radius 2 is 1.44 bits per heavy atom. The number of hydrogen-bond donors (Lipinski definition) is 0. The van der Waals surface area contributed by atoms with E-state index in [2.05, 4.69) is 24.3 Å². The fraction of sp³-hybridized carbons (Fsp3) is 0.341. The van der Waals surface area contributed by atoms with E-state index < -0.39 is 42.4 Å².